The molecule has 0 fully saturated rings. The molecule has 0 aromatic carbocycles. The van der Waals surface area contributed by atoms with Crippen LogP contribution in [0.1, 0.15) is 90.9 Å². The number of unbranched alkanes of at least 4 members (excludes halogenated alkanes) is 5. The number of carbonyl (C=O) groups excluding carboxylic acids is 2. The van der Waals surface area contributed by atoms with Gasteiger partial charge in [-0.05, 0) is 25.7 Å². The van der Waals surface area contributed by atoms with E-state index >= 15 is 0 Å². The van der Waals surface area contributed by atoms with Crippen LogP contribution in [0.2, 0.25) is 0 Å². The maximum Gasteiger partial charge on any atom is 0.316 e. The van der Waals surface area contributed by atoms with Crippen LogP contribution in [0.5, 0.6) is 0 Å². The Hall–Kier alpha value is -2.12. The van der Waals surface area contributed by atoms with E-state index in [4.69, 9.17) is 14.6 Å². The first-order valence-electron chi connectivity index (χ1n) is 10.5. The molecule has 0 bridgehead atoms. The predicted octanol–water partition coefficient (Wildman–Crippen LogP) is 3.95. The highest BCUT2D eigenvalue weighted by Crippen LogP contribution is 2.28. The quantitative estimate of drug-likeness (QED) is 0.254. The number of carboxylic acid groups (broad SMARTS) is 2. The third kappa shape index (κ3) is 12.9. The Labute approximate surface area is 172 Å². The van der Waals surface area contributed by atoms with Gasteiger partial charge in [-0.2, -0.15) is 0 Å². The van der Waals surface area contributed by atoms with E-state index in [1.807, 2.05) is 13.8 Å². The van der Waals surface area contributed by atoms with Crippen molar-refractivity contribution < 1.29 is 38.9 Å². The second-order valence-corrected chi connectivity index (χ2v) is 7.42. The van der Waals surface area contributed by atoms with Crippen molar-refractivity contribution >= 4 is 23.9 Å². The van der Waals surface area contributed by atoms with Crippen LogP contribution in [0.25, 0.3) is 0 Å². The van der Waals surface area contributed by atoms with Crippen molar-refractivity contribution in [2.75, 3.05) is 13.2 Å². The molecule has 0 saturated carbocycles. The first kappa shape index (κ1) is 26.9. The third-order valence-electron chi connectivity index (χ3n) is 4.74. The summed E-state index contributed by atoms with van der Waals surface area (Å²) >= 11 is 0. The maximum atomic E-state index is 12.0. The van der Waals surface area contributed by atoms with Gasteiger partial charge < -0.3 is 19.7 Å². The van der Waals surface area contributed by atoms with Crippen molar-refractivity contribution in [3.8, 4) is 0 Å². The largest absolute Gasteiger partial charge is 0.481 e. The molecule has 0 amide bonds. The lowest BCUT2D eigenvalue weighted by molar-refractivity contribution is -0.168. The minimum absolute atomic E-state index is 0.0556. The van der Waals surface area contributed by atoms with E-state index in [-0.39, 0.29) is 25.7 Å². The van der Waals surface area contributed by atoms with E-state index in [2.05, 4.69) is 0 Å². The minimum Gasteiger partial charge on any atom is -0.481 e. The summed E-state index contributed by atoms with van der Waals surface area (Å²) in [5, 5.41) is 18.5. The maximum absolute atomic E-state index is 12.0. The summed E-state index contributed by atoms with van der Waals surface area (Å²) in [6, 6.07) is 0. The molecule has 0 rings (SSSR count). The second kappa shape index (κ2) is 15.8. The van der Waals surface area contributed by atoms with Gasteiger partial charge in [-0.3, -0.25) is 19.2 Å². The van der Waals surface area contributed by atoms with Crippen molar-refractivity contribution in [2.24, 2.45) is 5.41 Å². The molecule has 2 N–H and O–H groups in total. The van der Waals surface area contributed by atoms with Gasteiger partial charge in [0, 0.05) is 19.3 Å². The molecule has 0 aliphatic heterocycles. The van der Waals surface area contributed by atoms with Gasteiger partial charge in [0.1, 0.15) is 18.6 Å². The lowest BCUT2D eigenvalue weighted by Crippen LogP contribution is -2.42. The molecular formula is C21H36O8. The van der Waals surface area contributed by atoms with Gasteiger partial charge in [-0.25, -0.2) is 0 Å². The highest BCUT2D eigenvalue weighted by molar-refractivity contribution is 5.77. The normalized spacial score (nSPS) is 11.1. The average molecular weight is 417 g/mol. The van der Waals surface area contributed by atoms with Crippen LogP contribution >= 0.6 is 0 Å². The number of carbonyl (C=O) groups is 4. The molecule has 0 unspecified atom stereocenters. The van der Waals surface area contributed by atoms with E-state index in [0.29, 0.717) is 25.7 Å². The first-order valence-corrected chi connectivity index (χ1v) is 10.5. The molecule has 0 radical (unpaired) electrons. The van der Waals surface area contributed by atoms with Gasteiger partial charge in [0.05, 0.1) is 0 Å². The molecule has 0 heterocycles. The van der Waals surface area contributed by atoms with E-state index in [9.17, 15) is 24.3 Å². The van der Waals surface area contributed by atoms with Crippen LogP contribution in [0.15, 0.2) is 0 Å². The fourth-order valence-corrected chi connectivity index (χ4v) is 2.78. The zero-order valence-corrected chi connectivity index (χ0v) is 17.7. The SMILES string of the molecule is CCCCCC(=O)OCC(CCCCC(=O)O)(COC(=O)CCCCC)C(=O)O. The third-order valence-corrected chi connectivity index (χ3v) is 4.74. The molecule has 29 heavy (non-hydrogen) atoms. The lowest BCUT2D eigenvalue weighted by Gasteiger charge is -2.28. The van der Waals surface area contributed by atoms with Gasteiger partial charge in [0.15, 0.2) is 0 Å². The second-order valence-electron chi connectivity index (χ2n) is 7.42. The van der Waals surface area contributed by atoms with Crippen LogP contribution < -0.4 is 0 Å². The highest BCUT2D eigenvalue weighted by Gasteiger charge is 2.41. The van der Waals surface area contributed by atoms with Crippen molar-refractivity contribution in [1.82, 2.24) is 0 Å². The summed E-state index contributed by atoms with van der Waals surface area (Å²) in [7, 11) is 0. The van der Waals surface area contributed by atoms with Gasteiger partial charge in [0.2, 0.25) is 0 Å². The van der Waals surface area contributed by atoms with Crippen molar-refractivity contribution in [3.63, 3.8) is 0 Å². The van der Waals surface area contributed by atoms with Gasteiger partial charge in [-0.1, -0.05) is 46.0 Å². The number of aliphatic carboxylic acids is 2. The minimum atomic E-state index is -1.57. The molecule has 168 valence electrons. The standard InChI is InChI=1S/C21H36O8/c1-3-5-7-12-18(24)28-15-21(20(26)27,14-10-9-11-17(22)23)16-29-19(25)13-8-6-4-2/h3-16H2,1-2H3,(H,22,23)(H,26,27). The summed E-state index contributed by atoms with van der Waals surface area (Å²) in [5.41, 5.74) is -1.57. The van der Waals surface area contributed by atoms with Gasteiger partial charge in [0.25, 0.3) is 0 Å². The number of ether oxygens (including phenoxy) is 2. The lowest BCUT2D eigenvalue weighted by atomic mass is 9.84. The molecular weight excluding hydrogens is 380 g/mol. The topological polar surface area (TPSA) is 127 Å². The molecule has 0 spiro atoms. The van der Waals surface area contributed by atoms with Gasteiger partial charge in [-0.15, -0.1) is 0 Å². The van der Waals surface area contributed by atoms with E-state index in [0.717, 1.165) is 25.7 Å². The van der Waals surface area contributed by atoms with Crippen LogP contribution in [-0.4, -0.2) is 47.3 Å². The number of rotatable bonds is 18. The monoisotopic (exact) mass is 416 g/mol. The highest BCUT2D eigenvalue weighted by atomic mass is 16.6. The molecule has 0 aliphatic carbocycles. The molecule has 0 aromatic heterocycles. The Morgan fingerprint density at radius 2 is 1.14 bits per heavy atom. The van der Waals surface area contributed by atoms with E-state index in [1.165, 1.54) is 0 Å². The Balaban J connectivity index is 4.93. The number of hydrogen-bond acceptors (Lipinski definition) is 6. The molecule has 8 nitrogen and oxygen atoms in total. The van der Waals surface area contributed by atoms with E-state index in [1.54, 1.807) is 0 Å². The van der Waals surface area contributed by atoms with Crippen molar-refractivity contribution in [2.45, 2.75) is 90.9 Å². The molecule has 0 saturated heterocycles. The van der Waals surface area contributed by atoms with Crippen molar-refractivity contribution in [1.29, 1.82) is 0 Å². The smallest absolute Gasteiger partial charge is 0.316 e. The summed E-state index contributed by atoms with van der Waals surface area (Å²) in [5.74, 6) is -3.15. The van der Waals surface area contributed by atoms with Crippen LogP contribution in [0.4, 0.5) is 0 Å². The number of esters is 2. The van der Waals surface area contributed by atoms with Crippen LogP contribution in [0.3, 0.4) is 0 Å². The predicted molar refractivity (Wildman–Crippen MR) is 106 cm³/mol. The van der Waals surface area contributed by atoms with Crippen LogP contribution in [-0.2, 0) is 28.7 Å². The summed E-state index contributed by atoms with van der Waals surface area (Å²) in [6.07, 6.45) is 5.98. The Bertz CT molecular complexity index is 489. The molecule has 0 aliphatic rings. The zero-order chi connectivity index (χ0) is 22.1. The van der Waals surface area contributed by atoms with Crippen LogP contribution in [0, 0.1) is 5.41 Å². The molecule has 0 aromatic rings. The summed E-state index contributed by atoms with van der Waals surface area (Å²) < 4.78 is 10.4. The zero-order valence-electron chi connectivity index (χ0n) is 17.7. The van der Waals surface area contributed by atoms with E-state index < -0.39 is 42.5 Å². The Morgan fingerprint density at radius 1 is 0.690 bits per heavy atom. The number of hydrogen-bond donors (Lipinski definition) is 2. The molecule has 0 atom stereocenters. The van der Waals surface area contributed by atoms with Crippen molar-refractivity contribution in [3.05, 3.63) is 0 Å². The first-order chi connectivity index (χ1) is 13.8. The Kier molecular flexibility index (Phi) is 14.6. The fourth-order valence-electron chi connectivity index (χ4n) is 2.78. The summed E-state index contributed by atoms with van der Waals surface area (Å²) in [4.78, 5) is 46.5. The number of carboxylic acids is 2. The fraction of sp³-hybridized carbons (Fsp3) is 0.810. The molecule has 8 heteroatoms. The average Bonchev–Trinajstić information content (AvgIpc) is 2.66. The van der Waals surface area contributed by atoms with Gasteiger partial charge >= 0.3 is 23.9 Å². The Morgan fingerprint density at radius 3 is 1.52 bits per heavy atom. The summed E-state index contributed by atoms with van der Waals surface area (Å²) in [6.45, 7) is 3.21.